The van der Waals surface area contributed by atoms with Gasteiger partial charge in [-0.05, 0) is 57.8 Å². The van der Waals surface area contributed by atoms with Crippen molar-refractivity contribution in [3.05, 3.63) is 24.3 Å². The zero-order chi connectivity index (χ0) is 60.6. The van der Waals surface area contributed by atoms with Crippen molar-refractivity contribution in [3.8, 4) is 0 Å². The molecule has 0 aromatic heterocycles. The Bertz CT molecular complexity index is 1320. The summed E-state index contributed by atoms with van der Waals surface area (Å²) in [6, 6.07) is -0.623. The van der Waals surface area contributed by atoms with Crippen molar-refractivity contribution in [2.24, 2.45) is 0 Å². The molecule has 6 nitrogen and oxygen atoms in total. The smallest absolute Gasteiger partial charge is 0.305 e. The van der Waals surface area contributed by atoms with Gasteiger partial charge in [-0.15, -0.1) is 0 Å². The van der Waals surface area contributed by atoms with Crippen LogP contribution in [0.2, 0.25) is 0 Å². The van der Waals surface area contributed by atoms with E-state index in [1.807, 2.05) is 6.08 Å². The van der Waals surface area contributed by atoms with Gasteiger partial charge in [0.1, 0.15) is 0 Å². The van der Waals surface area contributed by atoms with Gasteiger partial charge < -0.3 is 20.3 Å². The van der Waals surface area contributed by atoms with Crippen molar-refractivity contribution >= 4 is 11.9 Å². The van der Waals surface area contributed by atoms with Crippen LogP contribution in [0.5, 0.6) is 0 Å². The van der Waals surface area contributed by atoms with Crippen LogP contribution in [0.4, 0.5) is 0 Å². The van der Waals surface area contributed by atoms with Crippen LogP contribution in [0.25, 0.3) is 0 Å². The second kappa shape index (κ2) is 73.8. The first-order chi connectivity index (χ1) is 41.5. The van der Waals surface area contributed by atoms with Crippen molar-refractivity contribution in [1.29, 1.82) is 0 Å². The molecule has 0 fully saturated rings. The van der Waals surface area contributed by atoms with Gasteiger partial charge >= 0.3 is 5.97 Å². The maximum Gasteiger partial charge on any atom is 0.305 e. The van der Waals surface area contributed by atoms with Gasteiger partial charge in [-0.1, -0.05) is 391 Å². The molecule has 0 saturated carbocycles. The number of carbonyl (C=O) groups excluding carboxylic acids is 2. The Morgan fingerprint density at radius 3 is 0.869 bits per heavy atom. The minimum Gasteiger partial charge on any atom is -0.466 e. The Labute approximate surface area is 526 Å². The third-order valence-electron chi connectivity index (χ3n) is 18.2. The minimum atomic E-state index is -0.840. The number of ether oxygens (including phenoxy) is 1. The van der Waals surface area contributed by atoms with Crippen molar-refractivity contribution in [1.82, 2.24) is 5.32 Å². The molecule has 0 heterocycles. The number of aliphatic hydroxyl groups is 2. The van der Waals surface area contributed by atoms with Gasteiger partial charge in [0.25, 0.3) is 0 Å². The Morgan fingerprint density at radius 2 is 0.560 bits per heavy atom. The zero-order valence-corrected chi connectivity index (χ0v) is 57.2. The molecule has 3 N–H and O–H groups in total. The molecular formula is C78H151NO5. The van der Waals surface area contributed by atoms with Crippen LogP contribution in [0.15, 0.2) is 24.3 Å². The number of hydrogen-bond acceptors (Lipinski definition) is 5. The number of hydrogen-bond donors (Lipinski definition) is 3. The summed E-state index contributed by atoms with van der Waals surface area (Å²) in [4.78, 5) is 24.6. The summed E-state index contributed by atoms with van der Waals surface area (Å²) in [5.41, 5.74) is 0. The molecule has 0 rings (SSSR count). The van der Waals surface area contributed by atoms with E-state index in [1.165, 1.54) is 366 Å². The fourth-order valence-corrected chi connectivity index (χ4v) is 12.3. The van der Waals surface area contributed by atoms with E-state index in [9.17, 15) is 19.8 Å². The van der Waals surface area contributed by atoms with Gasteiger partial charge in [0, 0.05) is 12.8 Å². The fraction of sp³-hybridized carbons (Fsp3) is 0.923. The molecule has 0 spiro atoms. The van der Waals surface area contributed by atoms with E-state index >= 15 is 0 Å². The monoisotopic (exact) mass is 1180 g/mol. The van der Waals surface area contributed by atoms with E-state index in [4.69, 9.17) is 4.74 Å². The van der Waals surface area contributed by atoms with Gasteiger partial charge in [0.15, 0.2) is 0 Å². The summed E-state index contributed by atoms with van der Waals surface area (Å²) < 4.78 is 5.48. The lowest BCUT2D eigenvalue weighted by Crippen LogP contribution is -2.45. The Morgan fingerprint density at radius 1 is 0.321 bits per heavy atom. The predicted molar refractivity (Wildman–Crippen MR) is 370 cm³/mol. The molecule has 0 aromatic carbocycles. The lowest BCUT2D eigenvalue weighted by molar-refractivity contribution is -0.143. The largest absolute Gasteiger partial charge is 0.466 e. The summed E-state index contributed by atoms with van der Waals surface area (Å²) in [5, 5.41) is 23.2. The van der Waals surface area contributed by atoms with Crippen LogP contribution in [-0.4, -0.2) is 47.4 Å². The highest BCUT2D eigenvalue weighted by Crippen LogP contribution is 2.20. The van der Waals surface area contributed by atoms with Crippen LogP contribution in [0.3, 0.4) is 0 Å². The standard InChI is InChI=1S/C78H151NO5/c1-3-5-7-9-11-13-15-17-18-19-41-44-47-50-54-58-62-66-70-76(81)75(74-80)79-77(82)71-67-63-59-55-51-48-45-42-39-37-35-33-31-29-27-25-23-21-20-22-24-26-28-30-32-34-36-38-40-43-46-49-53-57-61-65-69-73-84-78(83)72-68-64-60-56-52-16-14-12-10-8-6-4-2/h12,14,66,70,75-76,80-81H,3-11,13,15-65,67-69,71-74H2,1-2H3,(H,79,82)/b14-12-,70-66+. The number of rotatable bonds is 73. The number of aliphatic hydroxyl groups excluding tert-OH is 2. The molecule has 0 aromatic rings. The van der Waals surface area contributed by atoms with Crippen LogP contribution in [-0.2, 0) is 14.3 Å². The van der Waals surface area contributed by atoms with E-state index < -0.39 is 12.1 Å². The van der Waals surface area contributed by atoms with Crippen LogP contribution >= 0.6 is 0 Å². The lowest BCUT2D eigenvalue weighted by atomic mass is 10.0. The van der Waals surface area contributed by atoms with Gasteiger partial charge in [0.05, 0.1) is 25.4 Å². The van der Waals surface area contributed by atoms with Crippen LogP contribution in [0.1, 0.15) is 438 Å². The molecule has 0 aliphatic heterocycles. The molecule has 84 heavy (non-hydrogen) atoms. The lowest BCUT2D eigenvalue weighted by Gasteiger charge is -2.20. The highest BCUT2D eigenvalue weighted by Gasteiger charge is 2.18. The van der Waals surface area contributed by atoms with Gasteiger partial charge in [-0.2, -0.15) is 0 Å². The van der Waals surface area contributed by atoms with E-state index in [-0.39, 0.29) is 18.5 Å². The van der Waals surface area contributed by atoms with E-state index in [1.54, 1.807) is 6.08 Å². The topological polar surface area (TPSA) is 95.9 Å². The second-order valence-electron chi connectivity index (χ2n) is 26.7. The predicted octanol–water partition coefficient (Wildman–Crippen LogP) is 25.3. The van der Waals surface area contributed by atoms with Crippen LogP contribution < -0.4 is 5.32 Å². The van der Waals surface area contributed by atoms with Crippen molar-refractivity contribution in [3.63, 3.8) is 0 Å². The fourth-order valence-electron chi connectivity index (χ4n) is 12.3. The molecule has 6 heteroatoms. The molecule has 1 amide bonds. The van der Waals surface area contributed by atoms with Crippen molar-refractivity contribution in [2.45, 2.75) is 450 Å². The molecule has 2 atom stereocenters. The second-order valence-corrected chi connectivity index (χ2v) is 26.7. The van der Waals surface area contributed by atoms with E-state index in [2.05, 4.69) is 31.3 Å². The highest BCUT2D eigenvalue weighted by molar-refractivity contribution is 5.76. The third kappa shape index (κ3) is 69.4. The Hall–Kier alpha value is -1.66. The summed E-state index contributed by atoms with van der Waals surface area (Å²) in [5.74, 6) is -0.0446. The molecular weight excluding hydrogens is 1030 g/mol. The average Bonchev–Trinajstić information content (AvgIpc) is 3.52. The number of allylic oxidation sites excluding steroid dienone is 3. The molecule has 0 saturated heterocycles. The number of nitrogens with one attached hydrogen (secondary N) is 1. The molecule has 0 aliphatic rings. The summed E-state index contributed by atoms with van der Waals surface area (Å²) >= 11 is 0. The molecule has 0 aliphatic carbocycles. The first-order valence-corrected chi connectivity index (χ1v) is 38.6. The molecule has 498 valence electrons. The van der Waals surface area contributed by atoms with Gasteiger partial charge in [-0.3, -0.25) is 9.59 Å². The van der Waals surface area contributed by atoms with Crippen molar-refractivity contribution in [2.75, 3.05) is 13.2 Å². The first kappa shape index (κ1) is 82.3. The molecule has 0 bridgehead atoms. The maximum absolute atomic E-state index is 12.5. The highest BCUT2D eigenvalue weighted by atomic mass is 16.5. The Kier molecular flexibility index (Phi) is 72.3. The maximum atomic E-state index is 12.5. The normalized spacial score (nSPS) is 12.6. The van der Waals surface area contributed by atoms with E-state index in [0.29, 0.717) is 19.4 Å². The van der Waals surface area contributed by atoms with Crippen molar-refractivity contribution < 1.29 is 24.5 Å². The third-order valence-corrected chi connectivity index (χ3v) is 18.2. The Balaban J connectivity index is 3.32. The number of esters is 1. The molecule has 2 unspecified atom stereocenters. The van der Waals surface area contributed by atoms with E-state index in [0.717, 1.165) is 44.9 Å². The summed E-state index contributed by atoms with van der Waals surface area (Å²) in [6.07, 6.45) is 94.5. The molecule has 0 radical (unpaired) electrons. The number of carbonyl (C=O) groups is 2. The number of amides is 1. The summed E-state index contributed by atoms with van der Waals surface area (Å²) in [7, 11) is 0. The quantitative estimate of drug-likeness (QED) is 0.0320. The van der Waals surface area contributed by atoms with Crippen LogP contribution in [0, 0.1) is 0 Å². The number of unbranched alkanes of at least 4 members (excludes halogenated alkanes) is 60. The SMILES string of the molecule is CCCCC/C=C\CCCCCCCC(=O)OCCCCCCCCCCCCCCCCCCCCCCCCCCCCCCCCCCCCCCCC(=O)NC(CO)C(O)/C=C/CCCCCCCCCCCCCCCCCC. The van der Waals surface area contributed by atoms with Gasteiger partial charge in [0.2, 0.25) is 5.91 Å². The first-order valence-electron chi connectivity index (χ1n) is 38.6. The average molecular weight is 1180 g/mol. The summed E-state index contributed by atoms with van der Waals surface area (Å²) in [6.45, 7) is 4.92. The van der Waals surface area contributed by atoms with Gasteiger partial charge in [-0.25, -0.2) is 0 Å². The zero-order valence-electron chi connectivity index (χ0n) is 57.2. The minimum absolute atomic E-state index is 0.0137.